The summed E-state index contributed by atoms with van der Waals surface area (Å²) >= 11 is 0. The minimum atomic E-state index is -0.483. The first-order chi connectivity index (χ1) is 12.7. The lowest BCUT2D eigenvalue weighted by molar-refractivity contribution is 0.270. The Labute approximate surface area is 153 Å². The molecule has 2 aromatic rings. The predicted octanol–water partition coefficient (Wildman–Crippen LogP) is 4.58. The van der Waals surface area contributed by atoms with E-state index in [-0.39, 0.29) is 0 Å². The number of hydrogen-bond donors (Lipinski definition) is 2. The second kappa shape index (κ2) is 7.12. The van der Waals surface area contributed by atoms with Crippen LogP contribution in [0.25, 0.3) is 22.9 Å². The maximum atomic E-state index is 9.48. The monoisotopic (exact) mass is 340 g/mol. The van der Waals surface area contributed by atoms with Crippen LogP contribution in [-0.2, 0) is 0 Å². The normalized spacial score (nSPS) is 21.5. The van der Waals surface area contributed by atoms with E-state index < -0.39 is 12.2 Å². The maximum absolute atomic E-state index is 9.48. The van der Waals surface area contributed by atoms with Crippen molar-refractivity contribution in [1.82, 2.24) is 0 Å². The molecule has 2 aliphatic rings. The Kier molecular flexibility index (Phi) is 4.53. The molecule has 0 fully saturated rings. The Morgan fingerprint density at radius 2 is 1.00 bits per heavy atom. The van der Waals surface area contributed by atoms with Crippen molar-refractivity contribution in [3.8, 4) is 0 Å². The van der Waals surface area contributed by atoms with E-state index in [2.05, 4.69) is 48.6 Å². The van der Waals surface area contributed by atoms with Crippen molar-refractivity contribution in [2.45, 2.75) is 12.2 Å². The maximum Gasteiger partial charge on any atom is 0.0909 e. The quantitative estimate of drug-likeness (QED) is 0.840. The summed E-state index contributed by atoms with van der Waals surface area (Å²) in [6, 6.07) is 12.8. The fraction of sp³-hybridized carbons (Fsp3) is 0.0833. The number of hydrogen-bond acceptors (Lipinski definition) is 2. The van der Waals surface area contributed by atoms with Gasteiger partial charge < -0.3 is 10.2 Å². The molecule has 2 N–H and O–H groups in total. The van der Waals surface area contributed by atoms with Crippen LogP contribution in [0.5, 0.6) is 0 Å². The highest BCUT2D eigenvalue weighted by Gasteiger charge is 2.03. The Balaban J connectivity index is 1.65. The van der Waals surface area contributed by atoms with Gasteiger partial charge in [0.2, 0.25) is 0 Å². The lowest BCUT2D eigenvalue weighted by Crippen LogP contribution is -1.99. The highest BCUT2D eigenvalue weighted by Crippen LogP contribution is 2.23. The van der Waals surface area contributed by atoms with Gasteiger partial charge in [0.25, 0.3) is 0 Å². The van der Waals surface area contributed by atoms with Gasteiger partial charge in [0.15, 0.2) is 0 Å². The van der Waals surface area contributed by atoms with E-state index >= 15 is 0 Å². The van der Waals surface area contributed by atoms with Crippen LogP contribution < -0.4 is 0 Å². The minimum Gasteiger partial charge on any atom is -0.385 e. The van der Waals surface area contributed by atoms with Gasteiger partial charge in [-0.15, -0.1) is 0 Å². The van der Waals surface area contributed by atoms with Crippen molar-refractivity contribution >= 4 is 22.9 Å². The van der Waals surface area contributed by atoms with Crippen LogP contribution >= 0.6 is 0 Å². The molecular formula is C24H20O2. The van der Waals surface area contributed by atoms with Gasteiger partial charge >= 0.3 is 0 Å². The molecule has 0 radical (unpaired) electrons. The molecule has 26 heavy (non-hydrogen) atoms. The van der Waals surface area contributed by atoms with E-state index in [4.69, 9.17) is 0 Å². The van der Waals surface area contributed by atoms with Crippen molar-refractivity contribution < 1.29 is 10.2 Å². The Bertz CT molecular complexity index is 905. The standard InChI is InChI=1S/C24H20O2/c25-23-9-3-17(4-10-23)13-19-1-7-21-8-2-20(16-22(21)15-19)14-18-5-11-24(26)12-6-18/h1-16,23-26H. The van der Waals surface area contributed by atoms with Crippen LogP contribution in [0, 0.1) is 0 Å². The van der Waals surface area contributed by atoms with Gasteiger partial charge in [-0.05, 0) is 57.3 Å². The number of rotatable bonds is 2. The molecule has 0 bridgehead atoms. The molecule has 4 rings (SSSR count). The molecule has 2 aliphatic carbocycles. The van der Waals surface area contributed by atoms with Gasteiger partial charge in [-0.25, -0.2) is 0 Å². The molecule has 0 heterocycles. The summed E-state index contributed by atoms with van der Waals surface area (Å²) in [6.45, 7) is 0. The summed E-state index contributed by atoms with van der Waals surface area (Å²) in [7, 11) is 0. The van der Waals surface area contributed by atoms with Crippen molar-refractivity contribution in [2.24, 2.45) is 0 Å². The van der Waals surface area contributed by atoms with Crippen LogP contribution in [0.4, 0.5) is 0 Å². The van der Waals surface area contributed by atoms with E-state index in [1.807, 2.05) is 24.3 Å². The number of fused-ring (bicyclic) bond motifs is 1. The average Bonchev–Trinajstić information content (AvgIpc) is 2.65. The second-order valence-corrected chi connectivity index (χ2v) is 6.57. The van der Waals surface area contributed by atoms with E-state index in [0.717, 1.165) is 22.3 Å². The molecular weight excluding hydrogens is 320 g/mol. The zero-order valence-electron chi connectivity index (χ0n) is 14.3. The third kappa shape index (κ3) is 3.83. The van der Waals surface area contributed by atoms with Crippen LogP contribution in [-0.4, -0.2) is 22.4 Å². The molecule has 2 aromatic carbocycles. The lowest BCUT2D eigenvalue weighted by Gasteiger charge is -2.07. The van der Waals surface area contributed by atoms with Gasteiger partial charge in [0.05, 0.1) is 12.2 Å². The van der Waals surface area contributed by atoms with Gasteiger partial charge in [0.1, 0.15) is 0 Å². The second-order valence-electron chi connectivity index (χ2n) is 6.57. The number of aliphatic hydroxyl groups is 2. The molecule has 0 aliphatic heterocycles. The topological polar surface area (TPSA) is 40.5 Å². The molecule has 2 heteroatoms. The average molecular weight is 340 g/mol. The van der Waals surface area contributed by atoms with Crippen molar-refractivity contribution in [1.29, 1.82) is 0 Å². The summed E-state index contributed by atoms with van der Waals surface area (Å²) in [5, 5.41) is 21.3. The van der Waals surface area contributed by atoms with Crippen LogP contribution in [0.1, 0.15) is 11.1 Å². The molecule has 0 saturated carbocycles. The van der Waals surface area contributed by atoms with Gasteiger partial charge in [-0.3, -0.25) is 0 Å². The lowest BCUT2D eigenvalue weighted by atomic mass is 9.99. The molecule has 2 nitrogen and oxygen atoms in total. The Morgan fingerprint density at radius 3 is 1.42 bits per heavy atom. The smallest absolute Gasteiger partial charge is 0.0909 e. The number of aliphatic hydroxyl groups excluding tert-OH is 2. The highest BCUT2D eigenvalue weighted by molar-refractivity contribution is 5.87. The van der Waals surface area contributed by atoms with Gasteiger partial charge in [-0.2, -0.15) is 0 Å². The molecule has 0 saturated heterocycles. The first-order valence-electron chi connectivity index (χ1n) is 8.72. The number of benzene rings is 2. The summed E-state index contributed by atoms with van der Waals surface area (Å²) < 4.78 is 0. The fourth-order valence-corrected chi connectivity index (χ4v) is 3.12. The van der Waals surface area contributed by atoms with Crippen LogP contribution in [0.15, 0.2) is 96.2 Å². The molecule has 0 unspecified atom stereocenters. The molecule has 0 spiro atoms. The van der Waals surface area contributed by atoms with Crippen molar-refractivity contribution in [3.05, 3.63) is 107 Å². The van der Waals surface area contributed by atoms with E-state index in [1.165, 1.54) is 10.8 Å². The fourth-order valence-electron chi connectivity index (χ4n) is 3.12. The van der Waals surface area contributed by atoms with E-state index in [1.54, 1.807) is 24.3 Å². The Hall–Kier alpha value is -2.94. The van der Waals surface area contributed by atoms with E-state index in [9.17, 15) is 10.2 Å². The van der Waals surface area contributed by atoms with Gasteiger partial charge in [-0.1, -0.05) is 72.9 Å². The zero-order chi connectivity index (χ0) is 17.9. The van der Waals surface area contributed by atoms with Crippen LogP contribution in [0.2, 0.25) is 0 Å². The molecule has 0 amide bonds. The first-order valence-corrected chi connectivity index (χ1v) is 8.72. The largest absolute Gasteiger partial charge is 0.385 e. The van der Waals surface area contributed by atoms with Crippen LogP contribution in [0.3, 0.4) is 0 Å². The van der Waals surface area contributed by atoms with Crippen molar-refractivity contribution in [3.63, 3.8) is 0 Å². The molecule has 128 valence electrons. The van der Waals surface area contributed by atoms with Gasteiger partial charge in [0, 0.05) is 0 Å². The Morgan fingerprint density at radius 1 is 0.577 bits per heavy atom. The number of allylic oxidation sites excluding steroid dienone is 6. The molecule has 0 aromatic heterocycles. The SMILES string of the molecule is OC1C=CC(=Cc2ccc3ccc(C=C4C=CC(O)C=C4)cc3c2)C=C1. The predicted molar refractivity (Wildman–Crippen MR) is 108 cm³/mol. The summed E-state index contributed by atoms with van der Waals surface area (Å²) in [5.74, 6) is 0. The summed E-state index contributed by atoms with van der Waals surface area (Å²) in [4.78, 5) is 0. The first kappa shape index (κ1) is 16.5. The summed E-state index contributed by atoms with van der Waals surface area (Å²) in [5.41, 5.74) is 4.40. The third-order valence-corrected chi connectivity index (χ3v) is 4.50. The third-order valence-electron chi connectivity index (χ3n) is 4.50. The minimum absolute atomic E-state index is 0.483. The van der Waals surface area contributed by atoms with E-state index in [0.29, 0.717) is 0 Å². The molecule has 0 atom stereocenters. The highest BCUT2D eigenvalue weighted by atomic mass is 16.3. The zero-order valence-corrected chi connectivity index (χ0v) is 14.3. The van der Waals surface area contributed by atoms with Crippen molar-refractivity contribution in [2.75, 3.05) is 0 Å². The summed E-state index contributed by atoms with van der Waals surface area (Å²) in [6.07, 6.45) is 18.1.